The Morgan fingerprint density at radius 3 is 2.44 bits per heavy atom. The normalized spacial score (nSPS) is 23.5. The molecule has 0 radical (unpaired) electrons. The van der Waals surface area contributed by atoms with Crippen LogP contribution >= 0.6 is 0 Å². The Bertz CT molecular complexity index is 2810. The van der Waals surface area contributed by atoms with Gasteiger partial charge in [-0.15, -0.1) is 0 Å². The van der Waals surface area contributed by atoms with E-state index in [1.165, 1.54) is 83.7 Å². The van der Waals surface area contributed by atoms with E-state index in [1.54, 1.807) is 0 Å². The van der Waals surface area contributed by atoms with Crippen molar-refractivity contribution in [1.82, 2.24) is 4.98 Å². The van der Waals surface area contributed by atoms with Crippen molar-refractivity contribution in [2.45, 2.75) is 44.6 Å². The highest BCUT2D eigenvalue weighted by Gasteiger charge is 2.44. The molecule has 0 bridgehead atoms. The van der Waals surface area contributed by atoms with Gasteiger partial charge in [-0.05, 0) is 124 Å². The predicted molar refractivity (Wildman–Crippen MR) is 241 cm³/mol. The fourth-order valence-corrected chi connectivity index (χ4v) is 11.0. The SMILES string of the molecule is CC12C=CC=CC1Cc1[nH]c3ccc(C4=CCC(c5ccc6c(c5)N(c5ccccc5)c5cccc7c5B6c5ccccc5N7C5C=CC=CC5)C=C4)cc3c1C2. The van der Waals surface area contributed by atoms with Gasteiger partial charge in [0.2, 0.25) is 0 Å². The first-order valence-corrected chi connectivity index (χ1v) is 20.8. The number of nitrogens with zero attached hydrogens (tertiary/aromatic N) is 2. The first kappa shape index (κ1) is 32.9. The summed E-state index contributed by atoms with van der Waals surface area (Å²) in [5.74, 6) is 0.862. The molecule has 6 aromatic rings. The first-order valence-electron chi connectivity index (χ1n) is 20.8. The van der Waals surface area contributed by atoms with Crippen LogP contribution in [0.25, 0.3) is 16.5 Å². The highest BCUT2D eigenvalue weighted by Crippen LogP contribution is 2.47. The summed E-state index contributed by atoms with van der Waals surface area (Å²) in [6.45, 7) is 2.58. The minimum Gasteiger partial charge on any atom is -0.358 e. The van der Waals surface area contributed by atoms with Crippen molar-refractivity contribution in [2.24, 2.45) is 11.3 Å². The second kappa shape index (κ2) is 12.6. The van der Waals surface area contributed by atoms with Crippen LogP contribution in [0.2, 0.25) is 0 Å². The van der Waals surface area contributed by atoms with Crippen molar-refractivity contribution in [3.8, 4) is 0 Å². The molecule has 1 aromatic heterocycles. The van der Waals surface area contributed by atoms with E-state index in [2.05, 4.69) is 198 Å². The summed E-state index contributed by atoms with van der Waals surface area (Å²) in [5.41, 5.74) is 18.9. The Morgan fingerprint density at radius 2 is 1.56 bits per heavy atom. The molecule has 5 aromatic carbocycles. The smallest absolute Gasteiger partial charge is 0.252 e. The van der Waals surface area contributed by atoms with Crippen LogP contribution in [-0.2, 0) is 12.8 Å². The second-order valence-corrected chi connectivity index (χ2v) is 17.1. The summed E-state index contributed by atoms with van der Waals surface area (Å²) in [4.78, 5) is 8.92. The van der Waals surface area contributed by atoms with Gasteiger partial charge in [-0.1, -0.05) is 134 Å². The predicted octanol–water partition coefficient (Wildman–Crippen LogP) is 10.8. The van der Waals surface area contributed by atoms with E-state index >= 15 is 0 Å². The lowest BCUT2D eigenvalue weighted by molar-refractivity contribution is 0.280. The lowest BCUT2D eigenvalue weighted by Crippen LogP contribution is -2.62. The van der Waals surface area contributed by atoms with Gasteiger partial charge >= 0.3 is 0 Å². The van der Waals surface area contributed by atoms with Crippen LogP contribution in [0.1, 0.15) is 48.1 Å². The fourth-order valence-electron chi connectivity index (χ4n) is 11.0. The fraction of sp³-hybridized carbons (Fsp3) is 0.170. The molecule has 0 saturated heterocycles. The average Bonchev–Trinajstić information content (AvgIpc) is 3.61. The molecule has 0 fully saturated rings. The van der Waals surface area contributed by atoms with Crippen molar-refractivity contribution >= 4 is 68.0 Å². The Labute approximate surface area is 335 Å². The van der Waals surface area contributed by atoms with Crippen molar-refractivity contribution in [3.05, 3.63) is 198 Å². The molecule has 12 rings (SSSR count). The van der Waals surface area contributed by atoms with E-state index in [4.69, 9.17) is 0 Å². The number of hydrogen-bond donors (Lipinski definition) is 1. The summed E-state index contributed by atoms with van der Waals surface area (Å²) in [6, 6.07) is 41.7. The van der Waals surface area contributed by atoms with E-state index in [9.17, 15) is 0 Å². The summed E-state index contributed by atoms with van der Waals surface area (Å²) >= 11 is 0. The van der Waals surface area contributed by atoms with E-state index < -0.39 is 0 Å². The van der Waals surface area contributed by atoms with Gasteiger partial charge in [-0.2, -0.15) is 0 Å². The minimum atomic E-state index is 0.150. The molecule has 1 N–H and O–H groups in total. The van der Waals surface area contributed by atoms with E-state index in [-0.39, 0.29) is 18.2 Å². The van der Waals surface area contributed by atoms with Gasteiger partial charge in [0.15, 0.2) is 0 Å². The first-order chi connectivity index (χ1) is 28.1. The number of nitrogens with one attached hydrogen (secondary N) is 1. The Kier molecular flexibility index (Phi) is 7.30. The molecule has 0 amide bonds. The minimum absolute atomic E-state index is 0.150. The Hall–Kier alpha value is -6.26. The summed E-state index contributed by atoms with van der Waals surface area (Å²) in [7, 11) is 0. The van der Waals surface area contributed by atoms with Crippen LogP contribution in [0, 0.1) is 11.3 Å². The number of fused-ring (bicyclic) bond motifs is 8. The average molecular weight is 734 g/mol. The topological polar surface area (TPSA) is 22.3 Å². The van der Waals surface area contributed by atoms with Crippen molar-refractivity contribution < 1.29 is 0 Å². The van der Waals surface area contributed by atoms with Crippen LogP contribution in [0.5, 0.6) is 0 Å². The molecular weight excluding hydrogens is 689 g/mol. The van der Waals surface area contributed by atoms with E-state index in [0.717, 1.165) is 25.7 Å². The third-order valence-corrected chi connectivity index (χ3v) is 13.9. The molecule has 6 aliphatic rings. The van der Waals surface area contributed by atoms with Gasteiger partial charge in [0.25, 0.3) is 6.71 Å². The van der Waals surface area contributed by atoms with Crippen LogP contribution < -0.4 is 26.2 Å². The number of hydrogen-bond acceptors (Lipinski definition) is 2. The molecule has 4 atom stereocenters. The van der Waals surface area contributed by atoms with Crippen molar-refractivity contribution in [1.29, 1.82) is 0 Å². The lowest BCUT2D eigenvalue weighted by Gasteiger charge is -2.46. The van der Waals surface area contributed by atoms with Crippen molar-refractivity contribution in [2.75, 3.05) is 9.80 Å². The molecule has 0 spiro atoms. The maximum absolute atomic E-state index is 3.80. The zero-order chi connectivity index (χ0) is 37.7. The van der Waals surface area contributed by atoms with Gasteiger partial charge < -0.3 is 14.8 Å². The third-order valence-electron chi connectivity index (χ3n) is 13.9. The maximum atomic E-state index is 3.80. The van der Waals surface area contributed by atoms with E-state index in [0.29, 0.717) is 11.8 Å². The largest absolute Gasteiger partial charge is 0.358 e. The van der Waals surface area contributed by atoms with Crippen LogP contribution in [-0.4, -0.2) is 17.7 Å². The van der Waals surface area contributed by atoms with Gasteiger partial charge in [-0.3, -0.25) is 0 Å². The molecule has 3 heterocycles. The number of aromatic amines is 1. The number of anilines is 5. The van der Waals surface area contributed by atoms with E-state index in [1.807, 2.05) is 0 Å². The number of para-hydroxylation sites is 2. The van der Waals surface area contributed by atoms with Crippen LogP contribution in [0.15, 0.2) is 176 Å². The third kappa shape index (κ3) is 5.06. The molecule has 57 heavy (non-hydrogen) atoms. The highest BCUT2D eigenvalue weighted by molar-refractivity contribution is 7.00. The Balaban J connectivity index is 0.914. The van der Waals surface area contributed by atoms with Crippen LogP contribution in [0.4, 0.5) is 28.4 Å². The molecule has 4 unspecified atom stereocenters. The number of H-pyrrole nitrogens is 1. The number of allylic oxidation sites excluding steroid dienone is 10. The summed E-state index contributed by atoms with van der Waals surface area (Å²) < 4.78 is 0. The van der Waals surface area contributed by atoms with Gasteiger partial charge in [0.1, 0.15) is 0 Å². The van der Waals surface area contributed by atoms with Gasteiger partial charge in [0, 0.05) is 51.0 Å². The number of rotatable bonds is 4. The summed E-state index contributed by atoms with van der Waals surface area (Å²) in [5, 5.41) is 1.39. The van der Waals surface area contributed by atoms with Crippen molar-refractivity contribution in [3.63, 3.8) is 0 Å². The molecular formula is C53H44BN3. The molecule has 274 valence electrons. The van der Waals surface area contributed by atoms with Gasteiger partial charge in [0.05, 0.1) is 6.04 Å². The highest BCUT2D eigenvalue weighted by atomic mass is 15.2. The number of aromatic nitrogens is 1. The molecule has 4 aliphatic carbocycles. The molecule has 4 heteroatoms. The number of benzene rings is 5. The standard InChI is InChI=1S/C53H44BN3/c1-53-30-11-10-13-39(53)33-47-43(34-53)42-31-37(27-29-46(42)55-47)35-22-24-36(25-23-35)38-26-28-45-51(32-38)57(41-16-6-3-7-17-41)50-21-12-20-49-52(50)54(45)44-18-8-9-19-48(44)56(49)40-14-4-2-5-15-40/h2-14,16-24,26-32,36,39-40,55H,15,25,33-34H2,1H3. The Morgan fingerprint density at radius 1 is 0.719 bits per heavy atom. The van der Waals surface area contributed by atoms with Crippen LogP contribution in [0.3, 0.4) is 0 Å². The molecule has 3 nitrogen and oxygen atoms in total. The monoisotopic (exact) mass is 733 g/mol. The second-order valence-electron chi connectivity index (χ2n) is 17.1. The zero-order valence-corrected chi connectivity index (χ0v) is 32.3. The zero-order valence-electron chi connectivity index (χ0n) is 32.3. The lowest BCUT2D eigenvalue weighted by atomic mass is 9.33. The van der Waals surface area contributed by atoms with Gasteiger partial charge in [-0.25, -0.2) is 0 Å². The molecule has 2 aliphatic heterocycles. The quantitative estimate of drug-likeness (QED) is 0.182. The maximum Gasteiger partial charge on any atom is 0.252 e. The molecule has 0 saturated carbocycles. The summed E-state index contributed by atoms with van der Waals surface area (Å²) in [6.07, 6.45) is 29.7.